The molecule has 4 N–H and O–H groups in total. The Morgan fingerprint density at radius 3 is 2.81 bits per heavy atom. The summed E-state index contributed by atoms with van der Waals surface area (Å²) in [6.45, 7) is 2.41. The van der Waals surface area contributed by atoms with Crippen molar-refractivity contribution in [1.29, 1.82) is 0 Å². The molecule has 0 bridgehead atoms. The fourth-order valence-corrected chi connectivity index (χ4v) is 4.03. The molecule has 0 radical (unpaired) electrons. The van der Waals surface area contributed by atoms with E-state index in [-0.39, 0.29) is 29.8 Å². The first-order valence-corrected chi connectivity index (χ1v) is 9.50. The van der Waals surface area contributed by atoms with E-state index in [1.165, 1.54) is 15.7 Å². The van der Waals surface area contributed by atoms with Gasteiger partial charge in [-0.1, -0.05) is 31.2 Å². The predicted octanol–water partition coefficient (Wildman–Crippen LogP) is 0.304. The number of nitrogen functional groups attached to an aromatic ring is 1. The van der Waals surface area contributed by atoms with Gasteiger partial charge in [0.25, 0.3) is 5.56 Å². The van der Waals surface area contributed by atoms with Crippen molar-refractivity contribution in [2.45, 2.75) is 45.2 Å². The lowest BCUT2D eigenvalue weighted by Crippen LogP contribution is -3.10. The van der Waals surface area contributed by atoms with Crippen LogP contribution in [-0.4, -0.2) is 28.9 Å². The molecule has 2 atom stereocenters. The number of rotatable bonds is 6. The van der Waals surface area contributed by atoms with Gasteiger partial charge in [0.2, 0.25) is 5.78 Å². The number of carbonyl (C=O) groups excluding carboxylic acids is 1. The molecule has 1 unspecified atom stereocenters. The second-order valence-electron chi connectivity index (χ2n) is 7.26. The summed E-state index contributed by atoms with van der Waals surface area (Å²) in [5.74, 6) is -0.369. The maximum absolute atomic E-state index is 12.9. The molecule has 2 aromatic rings. The molecule has 7 nitrogen and oxygen atoms in total. The predicted molar refractivity (Wildman–Crippen MR) is 104 cm³/mol. The standard InChI is InChI=1S/C20H26N4O3/c1-3-11-24-18(21)17(19(26)22-20(24)27)16(25)12-23(2)15-10-6-8-13-7-4-5-9-14(13)15/h4-5,7,9,15H,3,6,8,10-12,21H2,1-2H3,(H,22,26,27)/p+1/t15-/m1/s1. The number of nitrogens with one attached hydrogen (secondary N) is 2. The minimum Gasteiger partial charge on any atom is -0.384 e. The molecule has 0 aliphatic heterocycles. The molecule has 3 rings (SSSR count). The fraction of sp³-hybridized carbons (Fsp3) is 0.450. The Morgan fingerprint density at radius 2 is 2.07 bits per heavy atom. The minimum absolute atomic E-state index is 0.0348. The van der Waals surface area contributed by atoms with E-state index in [4.69, 9.17) is 5.73 Å². The molecule has 0 fully saturated rings. The fourth-order valence-electron chi connectivity index (χ4n) is 4.03. The van der Waals surface area contributed by atoms with Gasteiger partial charge in [-0.2, -0.15) is 0 Å². The number of benzene rings is 1. The molecule has 27 heavy (non-hydrogen) atoms. The number of H-pyrrole nitrogens is 1. The molecule has 0 spiro atoms. The number of ketones is 1. The van der Waals surface area contributed by atoms with E-state index in [1.54, 1.807) is 0 Å². The third kappa shape index (κ3) is 3.73. The summed E-state index contributed by atoms with van der Waals surface area (Å²) < 4.78 is 1.26. The van der Waals surface area contributed by atoms with Crippen molar-refractivity contribution in [2.75, 3.05) is 19.3 Å². The first-order chi connectivity index (χ1) is 12.9. The van der Waals surface area contributed by atoms with Gasteiger partial charge in [0, 0.05) is 18.5 Å². The largest absolute Gasteiger partial charge is 0.384 e. The number of aryl methyl sites for hydroxylation is 1. The van der Waals surface area contributed by atoms with E-state index in [1.807, 2.05) is 26.1 Å². The number of carbonyl (C=O) groups is 1. The highest BCUT2D eigenvalue weighted by Crippen LogP contribution is 2.27. The van der Waals surface area contributed by atoms with Crippen LogP contribution >= 0.6 is 0 Å². The van der Waals surface area contributed by atoms with Gasteiger partial charge in [-0.15, -0.1) is 0 Å². The molecule has 0 amide bonds. The molecule has 7 heteroatoms. The van der Waals surface area contributed by atoms with Crippen molar-refractivity contribution in [2.24, 2.45) is 0 Å². The number of anilines is 1. The van der Waals surface area contributed by atoms with Crippen molar-refractivity contribution in [1.82, 2.24) is 9.55 Å². The van der Waals surface area contributed by atoms with E-state index >= 15 is 0 Å². The van der Waals surface area contributed by atoms with Crippen LogP contribution < -0.4 is 21.9 Å². The maximum Gasteiger partial charge on any atom is 0.329 e. The molecule has 0 saturated heterocycles. The van der Waals surface area contributed by atoms with Crippen LogP contribution in [0.5, 0.6) is 0 Å². The zero-order valence-electron chi connectivity index (χ0n) is 15.9. The van der Waals surface area contributed by atoms with Crippen LogP contribution in [0.25, 0.3) is 0 Å². The van der Waals surface area contributed by atoms with Gasteiger partial charge in [0.05, 0.1) is 7.05 Å². The van der Waals surface area contributed by atoms with Gasteiger partial charge in [-0.3, -0.25) is 19.1 Å². The van der Waals surface area contributed by atoms with E-state index in [2.05, 4.69) is 17.1 Å². The van der Waals surface area contributed by atoms with Gasteiger partial charge in [0.15, 0.2) is 0 Å². The zero-order chi connectivity index (χ0) is 19.6. The first kappa shape index (κ1) is 19.1. The second-order valence-corrected chi connectivity index (χ2v) is 7.26. The van der Waals surface area contributed by atoms with Gasteiger partial charge in [-0.25, -0.2) is 4.79 Å². The van der Waals surface area contributed by atoms with Crippen LogP contribution in [0.2, 0.25) is 0 Å². The Hall–Kier alpha value is -2.67. The van der Waals surface area contributed by atoms with Crippen molar-refractivity contribution in [3.05, 3.63) is 61.8 Å². The van der Waals surface area contributed by atoms with Gasteiger partial charge >= 0.3 is 5.69 Å². The minimum atomic E-state index is -0.702. The van der Waals surface area contributed by atoms with Crippen LogP contribution in [-0.2, 0) is 13.0 Å². The Kier molecular flexibility index (Phi) is 5.60. The SMILES string of the molecule is CCCn1c(N)c(C(=O)C[NH+](C)[C@@H]2CCCc3ccccc32)c(=O)[nH]c1=O. The van der Waals surface area contributed by atoms with Crippen LogP contribution in [0.15, 0.2) is 33.9 Å². The van der Waals surface area contributed by atoms with E-state index in [0.717, 1.165) is 24.2 Å². The summed E-state index contributed by atoms with van der Waals surface area (Å²) in [7, 11) is 1.97. The topological polar surface area (TPSA) is 102 Å². The van der Waals surface area contributed by atoms with E-state index in [9.17, 15) is 14.4 Å². The third-order valence-electron chi connectivity index (χ3n) is 5.37. The highest BCUT2D eigenvalue weighted by Gasteiger charge is 2.30. The number of likely N-dealkylation sites (N-methyl/N-ethyl adjacent to an activating group) is 1. The molecule has 1 aliphatic rings. The lowest BCUT2D eigenvalue weighted by Gasteiger charge is -2.30. The highest BCUT2D eigenvalue weighted by atomic mass is 16.2. The van der Waals surface area contributed by atoms with E-state index < -0.39 is 11.2 Å². The lowest BCUT2D eigenvalue weighted by atomic mass is 9.87. The van der Waals surface area contributed by atoms with E-state index in [0.29, 0.717) is 13.0 Å². The molecule has 144 valence electrons. The average Bonchev–Trinajstić information content (AvgIpc) is 2.64. The van der Waals surface area contributed by atoms with Crippen LogP contribution in [0.3, 0.4) is 0 Å². The number of Topliss-reactive ketones (excluding diaryl/α,β-unsaturated/α-hetero) is 1. The normalized spacial score (nSPS) is 17.3. The van der Waals surface area contributed by atoms with Crippen LogP contribution in [0, 0.1) is 0 Å². The molecule has 1 aromatic carbocycles. The Morgan fingerprint density at radius 1 is 1.33 bits per heavy atom. The molecule has 0 saturated carbocycles. The van der Waals surface area contributed by atoms with Crippen molar-refractivity contribution in [3.8, 4) is 0 Å². The first-order valence-electron chi connectivity index (χ1n) is 9.50. The van der Waals surface area contributed by atoms with Crippen molar-refractivity contribution < 1.29 is 9.69 Å². The molecular formula is C20H27N4O3+. The number of aromatic nitrogens is 2. The Bertz CT molecular complexity index is 960. The molecule has 1 aromatic heterocycles. The van der Waals surface area contributed by atoms with Gasteiger partial charge in [0.1, 0.15) is 24.0 Å². The molecule has 1 heterocycles. The summed E-state index contributed by atoms with van der Waals surface area (Å²) in [6, 6.07) is 8.53. The summed E-state index contributed by atoms with van der Waals surface area (Å²) in [5, 5.41) is 0. The van der Waals surface area contributed by atoms with Crippen molar-refractivity contribution >= 4 is 11.6 Å². The van der Waals surface area contributed by atoms with Gasteiger partial charge < -0.3 is 10.6 Å². The quantitative estimate of drug-likeness (QED) is 0.636. The summed E-state index contributed by atoms with van der Waals surface area (Å²) in [5.41, 5.74) is 7.24. The smallest absolute Gasteiger partial charge is 0.329 e. The van der Waals surface area contributed by atoms with Crippen LogP contribution in [0.4, 0.5) is 5.82 Å². The number of hydrogen-bond donors (Lipinski definition) is 3. The molecule has 1 aliphatic carbocycles. The Balaban J connectivity index is 1.87. The number of fused-ring (bicyclic) bond motifs is 1. The number of nitrogens with zero attached hydrogens (tertiary/aromatic N) is 1. The number of quaternary nitrogens is 1. The molecular weight excluding hydrogens is 344 g/mol. The number of hydrogen-bond acceptors (Lipinski definition) is 4. The van der Waals surface area contributed by atoms with Crippen LogP contribution in [0.1, 0.15) is 53.7 Å². The monoisotopic (exact) mass is 371 g/mol. The van der Waals surface area contributed by atoms with Crippen molar-refractivity contribution in [3.63, 3.8) is 0 Å². The third-order valence-corrected chi connectivity index (χ3v) is 5.37. The highest BCUT2D eigenvalue weighted by molar-refractivity contribution is 6.00. The van der Waals surface area contributed by atoms with Gasteiger partial charge in [-0.05, 0) is 24.8 Å². The zero-order valence-corrected chi connectivity index (χ0v) is 15.9. The summed E-state index contributed by atoms with van der Waals surface area (Å²) >= 11 is 0. The second kappa shape index (κ2) is 7.92. The average molecular weight is 371 g/mol. The summed E-state index contributed by atoms with van der Waals surface area (Å²) in [4.78, 5) is 40.3. The lowest BCUT2D eigenvalue weighted by molar-refractivity contribution is -0.904. The number of aromatic amines is 1. The maximum atomic E-state index is 12.9. The Labute approximate surface area is 157 Å². The summed E-state index contributed by atoms with van der Waals surface area (Å²) in [6.07, 6.45) is 3.81. The number of nitrogens with two attached hydrogens (primary N) is 1.